The Morgan fingerprint density at radius 2 is 2.03 bits per heavy atom. The number of halogens is 4. The standard InChI is InChI=1S/C23H19ClF3N9O/c1-12-20-16(21(26)27)6-18(14-7-29-34(2)8-14)30-22(20)36(32-12)10-19(37)31-23-28-11-35(33-23)9-13-3-4-15(25)5-17(13)24/h3-8,11,21H,9-10H2,1-2H3,(H,31,33,37). The highest BCUT2D eigenvalue weighted by Gasteiger charge is 2.22. The van der Waals surface area contributed by atoms with Crippen LogP contribution >= 0.6 is 11.6 Å². The largest absolute Gasteiger partial charge is 0.292 e. The minimum Gasteiger partial charge on any atom is -0.292 e. The molecule has 0 atom stereocenters. The van der Waals surface area contributed by atoms with Crippen LogP contribution in [0.2, 0.25) is 5.02 Å². The van der Waals surface area contributed by atoms with E-state index in [1.54, 1.807) is 20.2 Å². The lowest BCUT2D eigenvalue weighted by atomic mass is 10.1. The number of aryl methyl sites for hydroxylation is 2. The van der Waals surface area contributed by atoms with Crippen LogP contribution in [0.3, 0.4) is 0 Å². The number of alkyl halides is 2. The Labute approximate surface area is 212 Å². The number of carbonyl (C=O) groups excluding carboxylic acids is 1. The summed E-state index contributed by atoms with van der Waals surface area (Å²) in [5.41, 5.74) is 1.70. The second-order valence-corrected chi connectivity index (χ2v) is 8.70. The summed E-state index contributed by atoms with van der Waals surface area (Å²) in [6.45, 7) is 1.48. The van der Waals surface area contributed by atoms with E-state index in [-0.39, 0.29) is 46.4 Å². The highest BCUT2D eigenvalue weighted by Crippen LogP contribution is 2.33. The monoisotopic (exact) mass is 529 g/mol. The van der Waals surface area contributed by atoms with Crippen molar-refractivity contribution >= 4 is 34.5 Å². The van der Waals surface area contributed by atoms with E-state index >= 15 is 0 Å². The lowest BCUT2D eigenvalue weighted by Gasteiger charge is -2.07. The number of hydrogen-bond acceptors (Lipinski definition) is 6. The number of benzene rings is 1. The minimum absolute atomic E-state index is 0.0219. The molecule has 0 spiro atoms. The van der Waals surface area contributed by atoms with Crippen molar-refractivity contribution in [3.8, 4) is 11.3 Å². The number of pyridine rings is 1. The third-order valence-electron chi connectivity index (χ3n) is 5.57. The van der Waals surface area contributed by atoms with E-state index < -0.39 is 18.1 Å². The fourth-order valence-electron chi connectivity index (χ4n) is 3.92. The molecule has 1 amide bonds. The molecule has 0 fully saturated rings. The van der Waals surface area contributed by atoms with Crippen molar-refractivity contribution in [2.24, 2.45) is 7.05 Å². The molecule has 4 heterocycles. The molecule has 0 unspecified atom stereocenters. The number of hydrogen-bond donors (Lipinski definition) is 1. The van der Waals surface area contributed by atoms with Gasteiger partial charge in [0, 0.05) is 29.4 Å². The van der Waals surface area contributed by atoms with E-state index in [1.807, 2.05) is 0 Å². The average Bonchev–Trinajstić information content (AvgIpc) is 3.55. The van der Waals surface area contributed by atoms with Gasteiger partial charge in [-0.2, -0.15) is 10.2 Å². The molecule has 0 saturated carbocycles. The van der Waals surface area contributed by atoms with Crippen molar-refractivity contribution in [3.63, 3.8) is 0 Å². The van der Waals surface area contributed by atoms with Crippen molar-refractivity contribution < 1.29 is 18.0 Å². The Balaban J connectivity index is 1.38. The summed E-state index contributed by atoms with van der Waals surface area (Å²) in [6.07, 6.45) is 1.79. The van der Waals surface area contributed by atoms with Crippen LogP contribution in [0.5, 0.6) is 0 Å². The molecule has 0 saturated heterocycles. The van der Waals surface area contributed by atoms with Gasteiger partial charge in [-0.1, -0.05) is 17.7 Å². The number of nitrogens with zero attached hydrogens (tertiary/aromatic N) is 8. The van der Waals surface area contributed by atoms with E-state index in [0.29, 0.717) is 16.8 Å². The first-order chi connectivity index (χ1) is 17.7. The fourth-order valence-corrected chi connectivity index (χ4v) is 4.15. The molecular formula is C23H19ClF3N9O. The maximum absolute atomic E-state index is 13.9. The van der Waals surface area contributed by atoms with Crippen LogP contribution in [0, 0.1) is 12.7 Å². The van der Waals surface area contributed by atoms with Crippen LogP contribution in [-0.2, 0) is 24.9 Å². The van der Waals surface area contributed by atoms with Gasteiger partial charge in [0.15, 0.2) is 5.65 Å². The Bertz CT molecular complexity index is 1630. The van der Waals surface area contributed by atoms with Crippen molar-refractivity contribution in [2.45, 2.75) is 26.4 Å². The maximum atomic E-state index is 13.9. The van der Waals surface area contributed by atoms with Gasteiger partial charge < -0.3 is 0 Å². The summed E-state index contributed by atoms with van der Waals surface area (Å²) in [5.74, 6) is -0.966. The van der Waals surface area contributed by atoms with Gasteiger partial charge in [0.2, 0.25) is 11.9 Å². The Morgan fingerprint density at radius 3 is 2.73 bits per heavy atom. The van der Waals surface area contributed by atoms with Crippen molar-refractivity contribution in [2.75, 3.05) is 5.32 Å². The fraction of sp³-hybridized carbons (Fsp3) is 0.217. The summed E-state index contributed by atoms with van der Waals surface area (Å²) >= 11 is 6.05. The summed E-state index contributed by atoms with van der Waals surface area (Å²) in [4.78, 5) is 21.3. The molecule has 4 aromatic heterocycles. The Kier molecular flexibility index (Phi) is 6.38. The summed E-state index contributed by atoms with van der Waals surface area (Å²) in [7, 11) is 1.71. The first-order valence-corrected chi connectivity index (χ1v) is 11.3. The zero-order valence-electron chi connectivity index (χ0n) is 19.5. The van der Waals surface area contributed by atoms with Crippen LogP contribution in [0.4, 0.5) is 19.1 Å². The van der Waals surface area contributed by atoms with E-state index in [1.165, 1.54) is 50.8 Å². The van der Waals surface area contributed by atoms with Gasteiger partial charge in [-0.25, -0.2) is 32.5 Å². The third kappa shape index (κ3) is 5.03. The summed E-state index contributed by atoms with van der Waals surface area (Å²) in [6, 6.07) is 5.32. The van der Waals surface area contributed by atoms with E-state index in [0.717, 1.165) is 0 Å². The number of anilines is 1. The number of fused-ring (bicyclic) bond motifs is 1. The molecule has 5 aromatic rings. The molecule has 190 valence electrons. The van der Waals surface area contributed by atoms with Crippen LogP contribution in [0.25, 0.3) is 22.3 Å². The molecule has 10 nitrogen and oxygen atoms in total. The van der Waals surface area contributed by atoms with Gasteiger partial charge in [0.1, 0.15) is 18.7 Å². The quantitative estimate of drug-likeness (QED) is 0.339. The molecule has 0 aliphatic rings. The van der Waals surface area contributed by atoms with Crippen LogP contribution in [-0.4, -0.2) is 45.2 Å². The van der Waals surface area contributed by atoms with Crippen molar-refractivity contribution in [3.05, 3.63) is 70.6 Å². The smallest absolute Gasteiger partial charge is 0.264 e. The first kappa shape index (κ1) is 24.4. The molecule has 14 heteroatoms. The van der Waals surface area contributed by atoms with Gasteiger partial charge in [-0.15, -0.1) is 5.10 Å². The van der Waals surface area contributed by atoms with Gasteiger partial charge in [-0.05, 0) is 30.7 Å². The van der Waals surface area contributed by atoms with Gasteiger partial charge >= 0.3 is 0 Å². The van der Waals surface area contributed by atoms with Crippen LogP contribution in [0.15, 0.2) is 43.0 Å². The second kappa shape index (κ2) is 9.65. The lowest BCUT2D eigenvalue weighted by Crippen LogP contribution is -2.20. The maximum Gasteiger partial charge on any atom is 0.264 e. The number of amides is 1. The van der Waals surface area contributed by atoms with Crippen LogP contribution < -0.4 is 5.32 Å². The predicted octanol–water partition coefficient (Wildman–Crippen LogP) is 4.15. The molecule has 0 aliphatic heterocycles. The molecule has 1 aromatic carbocycles. The van der Waals surface area contributed by atoms with Gasteiger partial charge in [0.25, 0.3) is 6.43 Å². The number of carbonyl (C=O) groups is 1. The topological polar surface area (TPSA) is 108 Å². The molecule has 0 aliphatic carbocycles. The van der Waals surface area contributed by atoms with Crippen molar-refractivity contribution in [1.82, 2.24) is 39.3 Å². The van der Waals surface area contributed by atoms with E-state index in [2.05, 4.69) is 30.6 Å². The number of rotatable bonds is 7. The molecule has 37 heavy (non-hydrogen) atoms. The summed E-state index contributed by atoms with van der Waals surface area (Å²) in [5, 5.41) is 15.5. The molecule has 0 radical (unpaired) electrons. The molecule has 5 rings (SSSR count). The third-order valence-corrected chi connectivity index (χ3v) is 5.92. The second-order valence-electron chi connectivity index (χ2n) is 8.29. The number of nitrogens with one attached hydrogen (secondary N) is 1. The normalized spacial score (nSPS) is 11.5. The Hall–Kier alpha value is -4.26. The molecule has 0 bridgehead atoms. The van der Waals surface area contributed by atoms with Crippen LogP contribution in [0.1, 0.15) is 23.2 Å². The summed E-state index contributed by atoms with van der Waals surface area (Å²) < 4.78 is 45.4. The van der Waals surface area contributed by atoms with Gasteiger partial charge in [-0.3, -0.25) is 14.8 Å². The first-order valence-electron chi connectivity index (χ1n) is 11.0. The highest BCUT2D eigenvalue weighted by molar-refractivity contribution is 6.31. The molecular weight excluding hydrogens is 511 g/mol. The minimum atomic E-state index is -2.77. The molecule has 1 N–H and O–H groups in total. The van der Waals surface area contributed by atoms with E-state index in [4.69, 9.17) is 11.6 Å². The van der Waals surface area contributed by atoms with E-state index in [9.17, 15) is 18.0 Å². The zero-order valence-corrected chi connectivity index (χ0v) is 20.3. The Morgan fingerprint density at radius 1 is 1.22 bits per heavy atom. The number of aromatic nitrogens is 8. The van der Waals surface area contributed by atoms with Gasteiger partial charge in [0.05, 0.1) is 29.5 Å². The zero-order chi connectivity index (χ0) is 26.3. The predicted molar refractivity (Wildman–Crippen MR) is 129 cm³/mol. The SMILES string of the molecule is Cc1nn(CC(=O)Nc2ncn(Cc3ccc(F)cc3Cl)n2)c2nc(-c3cnn(C)c3)cc(C(F)F)c12. The lowest BCUT2D eigenvalue weighted by molar-refractivity contribution is -0.116. The van der Waals surface area contributed by atoms with Crippen molar-refractivity contribution in [1.29, 1.82) is 0 Å². The highest BCUT2D eigenvalue weighted by atomic mass is 35.5. The average molecular weight is 530 g/mol.